The second-order valence-corrected chi connectivity index (χ2v) is 10.3. The smallest absolute Gasteiger partial charge is 0.226 e. The zero-order chi connectivity index (χ0) is 17.9. The summed E-state index contributed by atoms with van der Waals surface area (Å²) in [7, 11) is -3.17. The van der Waals surface area contributed by atoms with Crippen molar-refractivity contribution >= 4 is 32.4 Å². The van der Waals surface area contributed by atoms with Crippen LogP contribution in [0.4, 0.5) is 5.13 Å². The average molecular weight is 386 g/mol. The number of hydrogen-bond acceptors (Lipinski definition) is 5. The molecule has 1 saturated carbocycles. The Labute approximate surface area is 154 Å². The number of thiazole rings is 1. The summed E-state index contributed by atoms with van der Waals surface area (Å²) in [6.45, 7) is 2.51. The molecule has 25 heavy (non-hydrogen) atoms. The van der Waals surface area contributed by atoms with Crippen molar-refractivity contribution in [3.8, 4) is 0 Å². The molecule has 1 N–H and O–H groups in total. The number of amides is 1. The monoisotopic (exact) mass is 385 g/mol. The summed E-state index contributed by atoms with van der Waals surface area (Å²) in [5.74, 6) is 0.831. The highest BCUT2D eigenvalue weighted by molar-refractivity contribution is 7.89. The van der Waals surface area contributed by atoms with E-state index in [1.54, 1.807) is 6.92 Å². The van der Waals surface area contributed by atoms with Crippen molar-refractivity contribution in [2.45, 2.75) is 64.8 Å². The molecule has 0 aromatic carbocycles. The van der Waals surface area contributed by atoms with Gasteiger partial charge in [-0.3, -0.25) is 4.79 Å². The van der Waals surface area contributed by atoms with E-state index in [1.807, 2.05) is 0 Å². The van der Waals surface area contributed by atoms with Gasteiger partial charge in [0.2, 0.25) is 15.9 Å². The Morgan fingerprint density at radius 1 is 1.32 bits per heavy atom. The molecule has 0 unspecified atom stereocenters. The van der Waals surface area contributed by atoms with Gasteiger partial charge in [-0.1, -0.05) is 32.1 Å². The third-order valence-electron chi connectivity index (χ3n) is 5.21. The van der Waals surface area contributed by atoms with Gasteiger partial charge in [-0.2, -0.15) is 4.31 Å². The maximum absolute atomic E-state index is 12.2. The van der Waals surface area contributed by atoms with Crippen LogP contribution in [0.1, 0.15) is 62.4 Å². The standard InChI is InChI=1S/C17H27N3O3S2/c1-2-25(22,23)20-11-10-14-15(12-20)24-17(18-14)19-16(21)9-8-13-6-4-3-5-7-13/h13H,2-12H2,1H3,(H,18,19,21). The Morgan fingerprint density at radius 2 is 2.08 bits per heavy atom. The molecule has 1 fully saturated rings. The Morgan fingerprint density at radius 3 is 2.80 bits per heavy atom. The highest BCUT2D eigenvalue weighted by Crippen LogP contribution is 2.30. The first kappa shape index (κ1) is 18.8. The molecule has 2 aliphatic rings. The Bertz CT molecular complexity index is 709. The third-order valence-corrected chi connectivity index (χ3v) is 8.03. The number of rotatable bonds is 6. The van der Waals surface area contributed by atoms with Crippen molar-refractivity contribution in [1.82, 2.24) is 9.29 Å². The number of hydrogen-bond donors (Lipinski definition) is 1. The zero-order valence-corrected chi connectivity index (χ0v) is 16.4. The Hall–Kier alpha value is -0.990. The minimum atomic E-state index is -3.17. The molecule has 140 valence electrons. The molecular weight excluding hydrogens is 358 g/mol. The third kappa shape index (κ3) is 4.80. The van der Waals surface area contributed by atoms with E-state index in [0.717, 1.165) is 17.0 Å². The zero-order valence-electron chi connectivity index (χ0n) is 14.8. The van der Waals surface area contributed by atoms with Gasteiger partial charge in [-0.15, -0.1) is 11.3 Å². The fourth-order valence-electron chi connectivity index (χ4n) is 3.64. The number of sulfonamides is 1. The van der Waals surface area contributed by atoms with E-state index >= 15 is 0 Å². The molecule has 1 aromatic heterocycles. The van der Waals surface area contributed by atoms with E-state index in [9.17, 15) is 13.2 Å². The second kappa shape index (κ2) is 8.14. The van der Waals surface area contributed by atoms with Crippen LogP contribution in [0.5, 0.6) is 0 Å². The molecule has 1 aromatic rings. The van der Waals surface area contributed by atoms with Crippen molar-refractivity contribution in [3.63, 3.8) is 0 Å². The normalized spacial score (nSPS) is 19.6. The first-order chi connectivity index (χ1) is 12.0. The molecule has 0 atom stereocenters. The maximum atomic E-state index is 12.2. The summed E-state index contributed by atoms with van der Waals surface area (Å²) < 4.78 is 25.6. The maximum Gasteiger partial charge on any atom is 0.226 e. The summed E-state index contributed by atoms with van der Waals surface area (Å²) in [4.78, 5) is 17.6. The van der Waals surface area contributed by atoms with Crippen LogP contribution < -0.4 is 5.32 Å². The fraction of sp³-hybridized carbons (Fsp3) is 0.765. The summed E-state index contributed by atoms with van der Waals surface area (Å²) in [6.07, 6.45) is 8.54. The van der Waals surface area contributed by atoms with Crippen LogP contribution in [-0.2, 0) is 27.8 Å². The van der Waals surface area contributed by atoms with Crippen LogP contribution >= 0.6 is 11.3 Å². The molecular formula is C17H27N3O3S2. The van der Waals surface area contributed by atoms with Gasteiger partial charge in [0, 0.05) is 30.8 Å². The molecule has 3 rings (SSSR count). The van der Waals surface area contributed by atoms with Crippen LogP contribution in [0.2, 0.25) is 0 Å². The van der Waals surface area contributed by atoms with Gasteiger partial charge in [-0.25, -0.2) is 13.4 Å². The summed E-state index contributed by atoms with van der Waals surface area (Å²) in [5, 5.41) is 3.51. The number of aromatic nitrogens is 1. The van der Waals surface area contributed by atoms with E-state index in [0.29, 0.717) is 37.0 Å². The molecule has 0 spiro atoms. The number of nitrogens with one attached hydrogen (secondary N) is 1. The summed E-state index contributed by atoms with van der Waals surface area (Å²) >= 11 is 1.41. The molecule has 0 radical (unpaired) electrons. The quantitative estimate of drug-likeness (QED) is 0.816. The molecule has 1 aliphatic heterocycles. The average Bonchev–Trinajstić information content (AvgIpc) is 3.02. The van der Waals surface area contributed by atoms with Gasteiger partial charge in [-0.05, 0) is 19.3 Å². The van der Waals surface area contributed by atoms with E-state index < -0.39 is 10.0 Å². The van der Waals surface area contributed by atoms with E-state index in [-0.39, 0.29) is 11.7 Å². The van der Waals surface area contributed by atoms with Gasteiger partial charge in [0.1, 0.15) is 0 Å². The van der Waals surface area contributed by atoms with Gasteiger partial charge in [0.05, 0.1) is 11.4 Å². The van der Waals surface area contributed by atoms with Gasteiger partial charge in [0.25, 0.3) is 0 Å². The molecule has 0 saturated heterocycles. The molecule has 1 amide bonds. The minimum absolute atomic E-state index is 0.0229. The van der Waals surface area contributed by atoms with Crippen LogP contribution in [0, 0.1) is 5.92 Å². The molecule has 8 heteroatoms. The topological polar surface area (TPSA) is 79.4 Å². The summed E-state index contributed by atoms with van der Waals surface area (Å²) in [5.41, 5.74) is 0.926. The highest BCUT2D eigenvalue weighted by Gasteiger charge is 2.28. The number of anilines is 1. The lowest BCUT2D eigenvalue weighted by Gasteiger charge is -2.24. The summed E-state index contributed by atoms with van der Waals surface area (Å²) in [6, 6.07) is 0. The number of carbonyl (C=O) groups excluding carboxylic acids is 1. The first-order valence-electron chi connectivity index (χ1n) is 9.24. The van der Waals surface area contributed by atoms with Crippen LogP contribution in [0.3, 0.4) is 0 Å². The molecule has 1 aliphatic carbocycles. The second-order valence-electron chi connectivity index (χ2n) is 6.96. The minimum Gasteiger partial charge on any atom is -0.302 e. The van der Waals surface area contributed by atoms with E-state index in [1.165, 1.54) is 47.7 Å². The van der Waals surface area contributed by atoms with Crippen molar-refractivity contribution in [2.24, 2.45) is 5.92 Å². The Balaban J connectivity index is 1.54. The Kier molecular flexibility index (Phi) is 6.12. The van der Waals surface area contributed by atoms with E-state index in [4.69, 9.17) is 0 Å². The van der Waals surface area contributed by atoms with Crippen LogP contribution in [0.25, 0.3) is 0 Å². The lowest BCUT2D eigenvalue weighted by atomic mass is 9.86. The number of carbonyl (C=O) groups is 1. The lowest BCUT2D eigenvalue weighted by molar-refractivity contribution is -0.116. The number of nitrogens with zero attached hydrogens (tertiary/aromatic N) is 2. The fourth-order valence-corrected chi connectivity index (χ4v) is 5.82. The molecule has 0 bridgehead atoms. The highest BCUT2D eigenvalue weighted by atomic mass is 32.2. The molecule has 2 heterocycles. The van der Waals surface area contributed by atoms with Gasteiger partial charge in [0.15, 0.2) is 5.13 Å². The predicted octanol–water partition coefficient (Wildman–Crippen LogP) is 3.15. The largest absolute Gasteiger partial charge is 0.302 e. The van der Waals surface area contributed by atoms with Crippen molar-refractivity contribution in [3.05, 3.63) is 10.6 Å². The van der Waals surface area contributed by atoms with Crippen molar-refractivity contribution < 1.29 is 13.2 Å². The van der Waals surface area contributed by atoms with Gasteiger partial charge < -0.3 is 5.32 Å². The van der Waals surface area contributed by atoms with Crippen LogP contribution in [-0.4, -0.2) is 35.9 Å². The SMILES string of the molecule is CCS(=O)(=O)N1CCc2nc(NC(=O)CCC3CCCCC3)sc2C1. The predicted molar refractivity (Wildman–Crippen MR) is 100 cm³/mol. The van der Waals surface area contributed by atoms with E-state index in [2.05, 4.69) is 10.3 Å². The van der Waals surface area contributed by atoms with Crippen LogP contribution in [0.15, 0.2) is 0 Å². The first-order valence-corrected chi connectivity index (χ1v) is 11.7. The van der Waals surface area contributed by atoms with Gasteiger partial charge >= 0.3 is 0 Å². The van der Waals surface area contributed by atoms with Crippen molar-refractivity contribution in [2.75, 3.05) is 17.6 Å². The van der Waals surface area contributed by atoms with Crippen molar-refractivity contribution in [1.29, 1.82) is 0 Å². The number of fused-ring (bicyclic) bond motifs is 1. The lowest BCUT2D eigenvalue weighted by Crippen LogP contribution is -2.36. The molecule has 6 nitrogen and oxygen atoms in total.